The third kappa shape index (κ3) is 3.33. The molecule has 2 nitrogen and oxygen atoms in total. The molecule has 3 atom stereocenters. The molecule has 2 fully saturated rings. The third-order valence-electron chi connectivity index (χ3n) is 5.93. The van der Waals surface area contributed by atoms with Crippen molar-refractivity contribution in [2.45, 2.75) is 85.9 Å². The van der Waals surface area contributed by atoms with E-state index in [0.29, 0.717) is 23.7 Å². The van der Waals surface area contributed by atoms with Crippen molar-refractivity contribution in [1.29, 1.82) is 0 Å². The topological polar surface area (TPSA) is 26.3 Å². The van der Waals surface area contributed by atoms with Gasteiger partial charge in [-0.25, -0.2) is 4.39 Å². The number of halogens is 1. The number of esters is 1. The number of carbonyl (C=O) groups is 1. The lowest BCUT2D eigenvalue weighted by molar-refractivity contribution is -0.160. The van der Waals surface area contributed by atoms with E-state index in [1.165, 1.54) is 0 Å². The lowest BCUT2D eigenvalue weighted by Crippen LogP contribution is -2.33. The van der Waals surface area contributed by atoms with Crippen LogP contribution in [0.5, 0.6) is 0 Å². The van der Waals surface area contributed by atoms with Crippen molar-refractivity contribution in [2.24, 2.45) is 28.6 Å². The summed E-state index contributed by atoms with van der Waals surface area (Å²) in [5.74, 6) is 0.543. The Morgan fingerprint density at radius 2 is 1.73 bits per heavy atom. The van der Waals surface area contributed by atoms with Crippen molar-refractivity contribution >= 4 is 5.97 Å². The van der Waals surface area contributed by atoms with Crippen LogP contribution in [-0.2, 0) is 9.53 Å². The molecular formula is C19H33FO2. The van der Waals surface area contributed by atoms with Crippen LogP contribution < -0.4 is 0 Å². The van der Waals surface area contributed by atoms with E-state index in [1.807, 2.05) is 20.8 Å². The molecule has 22 heavy (non-hydrogen) atoms. The highest BCUT2D eigenvalue weighted by atomic mass is 19.1. The molecular weight excluding hydrogens is 279 g/mol. The molecule has 2 aliphatic rings. The number of rotatable bonds is 4. The summed E-state index contributed by atoms with van der Waals surface area (Å²) >= 11 is 0. The first-order chi connectivity index (χ1) is 10.1. The van der Waals surface area contributed by atoms with Crippen LogP contribution in [0.4, 0.5) is 4.39 Å². The highest BCUT2D eigenvalue weighted by Crippen LogP contribution is 2.59. The van der Waals surface area contributed by atoms with Gasteiger partial charge in [-0.3, -0.25) is 4.79 Å². The van der Waals surface area contributed by atoms with E-state index in [4.69, 9.17) is 4.74 Å². The predicted octanol–water partition coefficient (Wildman–Crippen LogP) is 5.15. The van der Waals surface area contributed by atoms with Gasteiger partial charge in [0.05, 0.1) is 0 Å². The van der Waals surface area contributed by atoms with E-state index >= 15 is 0 Å². The smallest absolute Gasteiger partial charge is 0.315 e. The van der Waals surface area contributed by atoms with Gasteiger partial charge >= 0.3 is 5.97 Å². The van der Waals surface area contributed by atoms with E-state index in [2.05, 4.69) is 20.8 Å². The molecule has 3 heteroatoms. The second-order valence-corrected chi connectivity index (χ2v) is 9.07. The quantitative estimate of drug-likeness (QED) is 0.671. The minimum absolute atomic E-state index is 0.00450. The van der Waals surface area contributed by atoms with Crippen LogP contribution in [0.15, 0.2) is 0 Å². The molecule has 0 aliphatic heterocycles. The Balaban J connectivity index is 1.91. The average molecular weight is 312 g/mol. The van der Waals surface area contributed by atoms with Gasteiger partial charge in [-0.15, -0.1) is 0 Å². The molecule has 2 saturated carbocycles. The molecule has 0 amide bonds. The van der Waals surface area contributed by atoms with Crippen LogP contribution in [0.1, 0.15) is 73.6 Å². The van der Waals surface area contributed by atoms with Gasteiger partial charge in [0.15, 0.2) is 0 Å². The third-order valence-corrected chi connectivity index (χ3v) is 5.93. The second-order valence-electron chi connectivity index (χ2n) is 9.07. The highest BCUT2D eigenvalue weighted by molar-refractivity contribution is 5.82. The van der Waals surface area contributed by atoms with E-state index in [9.17, 15) is 9.18 Å². The summed E-state index contributed by atoms with van der Waals surface area (Å²) in [5, 5.41) is 0. The lowest BCUT2D eigenvalue weighted by Gasteiger charge is -2.37. The minimum Gasteiger partial charge on any atom is -0.462 e. The Labute approximate surface area is 135 Å². The van der Waals surface area contributed by atoms with Crippen molar-refractivity contribution in [1.82, 2.24) is 0 Å². The highest BCUT2D eigenvalue weighted by Gasteiger charge is 2.69. The number of carbonyl (C=O) groups excluding carboxylic acids is 1. The molecule has 0 radical (unpaired) electrons. The lowest BCUT2D eigenvalue weighted by atomic mass is 9.72. The van der Waals surface area contributed by atoms with Crippen molar-refractivity contribution in [3.63, 3.8) is 0 Å². The summed E-state index contributed by atoms with van der Waals surface area (Å²) in [6, 6.07) is 0. The summed E-state index contributed by atoms with van der Waals surface area (Å²) in [6.07, 6.45) is 3.64. The molecule has 0 heterocycles. The Kier molecular flexibility index (Phi) is 4.94. The van der Waals surface area contributed by atoms with Crippen LogP contribution in [0.2, 0.25) is 0 Å². The maximum atomic E-state index is 14.1. The zero-order valence-corrected chi connectivity index (χ0v) is 15.1. The molecule has 0 saturated heterocycles. The fourth-order valence-electron chi connectivity index (χ4n) is 4.24. The standard InChI is InChI=1S/C19H33FO2/c1-12(2)11-19(13(3)16(19)20)17(21)22-15-9-7-14(8-10-15)18(4,5)6/h12-16H,7-11H2,1-6H3/t13?,14?,15?,16-,19?/m1/s1. The monoisotopic (exact) mass is 312 g/mol. The van der Waals surface area contributed by atoms with E-state index < -0.39 is 11.6 Å². The number of hydrogen-bond donors (Lipinski definition) is 0. The van der Waals surface area contributed by atoms with E-state index in [0.717, 1.165) is 25.7 Å². The number of ether oxygens (including phenoxy) is 1. The van der Waals surface area contributed by atoms with Crippen LogP contribution in [0.25, 0.3) is 0 Å². The van der Waals surface area contributed by atoms with Gasteiger partial charge < -0.3 is 4.74 Å². The summed E-state index contributed by atoms with van der Waals surface area (Å²) in [4.78, 5) is 12.6. The molecule has 2 unspecified atom stereocenters. The first kappa shape index (κ1) is 17.7. The number of alkyl halides is 1. The maximum absolute atomic E-state index is 14.1. The van der Waals surface area contributed by atoms with Gasteiger partial charge in [0.1, 0.15) is 17.7 Å². The molecule has 0 aromatic heterocycles. The van der Waals surface area contributed by atoms with E-state index in [-0.39, 0.29) is 18.0 Å². The molecule has 0 N–H and O–H groups in total. The first-order valence-corrected chi connectivity index (χ1v) is 8.94. The van der Waals surface area contributed by atoms with Gasteiger partial charge in [-0.2, -0.15) is 0 Å². The molecule has 0 aromatic carbocycles. The van der Waals surface area contributed by atoms with Crippen LogP contribution in [0.3, 0.4) is 0 Å². The van der Waals surface area contributed by atoms with Crippen molar-refractivity contribution in [3.05, 3.63) is 0 Å². The number of hydrogen-bond acceptors (Lipinski definition) is 2. The van der Waals surface area contributed by atoms with Gasteiger partial charge in [0.2, 0.25) is 0 Å². The van der Waals surface area contributed by atoms with E-state index in [1.54, 1.807) is 0 Å². The summed E-state index contributed by atoms with van der Waals surface area (Å²) < 4.78 is 19.8. The Morgan fingerprint density at radius 1 is 1.23 bits per heavy atom. The minimum atomic E-state index is -1.02. The van der Waals surface area contributed by atoms with Crippen molar-refractivity contribution < 1.29 is 13.9 Å². The molecule has 0 spiro atoms. The molecule has 0 bridgehead atoms. The molecule has 0 aromatic rings. The zero-order valence-electron chi connectivity index (χ0n) is 15.1. The fourth-order valence-corrected chi connectivity index (χ4v) is 4.24. The summed E-state index contributed by atoms with van der Waals surface area (Å²) in [5.41, 5.74) is -0.530. The van der Waals surface area contributed by atoms with Crippen LogP contribution >= 0.6 is 0 Å². The zero-order chi connectivity index (χ0) is 16.7. The SMILES string of the molecule is CC(C)CC1(C(=O)OC2CCC(C(C)(C)C)CC2)C(C)[C@H]1F. The average Bonchev–Trinajstić information content (AvgIpc) is 2.91. The Bertz CT molecular complexity index is 394. The molecule has 128 valence electrons. The van der Waals surface area contributed by atoms with Gasteiger partial charge in [0.25, 0.3) is 0 Å². The predicted molar refractivity (Wildman–Crippen MR) is 87.2 cm³/mol. The fraction of sp³-hybridized carbons (Fsp3) is 0.947. The first-order valence-electron chi connectivity index (χ1n) is 8.94. The molecule has 2 aliphatic carbocycles. The Hall–Kier alpha value is -0.600. The largest absolute Gasteiger partial charge is 0.462 e. The Morgan fingerprint density at radius 3 is 2.09 bits per heavy atom. The van der Waals surface area contributed by atoms with Crippen molar-refractivity contribution in [3.8, 4) is 0 Å². The van der Waals surface area contributed by atoms with Crippen LogP contribution in [-0.4, -0.2) is 18.2 Å². The van der Waals surface area contributed by atoms with Crippen LogP contribution in [0, 0.1) is 28.6 Å². The van der Waals surface area contributed by atoms with Gasteiger partial charge in [0, 0.05) is 5.92 Å². The normalized spacial score (nSPS) is 38.9. The van der Waals surface area contributed by atoms with Gasteiger partial charge in [-0.1, -0.05) is 41.5 Å². The second kappa shape index (κ2) is 6.13. The summed E-state index contributed by atoms with van der Waals surface area (Å²) in [7, 11) is 0. The molecule has 2 rings (SSSR count). The maximum Gasteiger partial charge on any atom is 0.315 e. The van der Waals surface area contributed by atoms with Crippen molar-refractivity contribution in [2.75, 3.05) is 0 Å². The van der Waals surface area contributed by atoms with Gasteiger partial charge in [-0.05, 0) is 49.4 Å². The summed E-state index contributed by atoms with van der Waals surface area (Å²) in [6.45, 7) is 12.8.